The maximum Gasteiger partial charge on any atom is 0.123 e. The van der Waals surface area contributed by atoms with E-state index in [1.807, 2.05) is 4.90 Å². The number of aliphatic hydroxyl groups is 1. The zero-order chi connectivity index (χ0) is 14.3. The Hall–Kier alpha value is -1.17. The largest absolute Gasteiger partial charge is 0.389 e. The molecule has 0 aliphatic heterocycles. The Labute approximate surface area is 113 Å². The van der Waals surface area contributed by atoms with Crippen molar-refractivity contribution in [1.29, 1.82) is 0 Å². The maximum atomic E-state index is 13.3. The minimum atomic E-state index is -0.724. The number of hydrogen-bond acceptors (Lipinski definition) is 4. The first kappa shape index (κ1) is 15.9. The van der Waals surface area contributed by atoms with E-state index in [9.17, 15) is 9.50 Å². The summed E-state index contributed by atoms with van der Waals surface area (Å²) in [4.78, 5) is 2.02. The number of nitrogens with zero attached hydrogens (tertiary/aromatic N) is 1. The summed E-state index contributed by atoms with van der Waals surface area (Å²) in [6.45, 7) is 4.06. The summed E-state index contributed by atoms with van der Waals surface area (Å²) >= 11 is 0. The van der Waals surface area contributed by atoms with Crippen LogP contribution in [0.3, 0.4) is 0 Å². The summed E-state index contributed by atoms with van der Waals surface area (Å²) in [5, 5.41) is 9.77. The molecule has 0 bridgehead atoms. The first-order chi connectivity index (χ1) is 9.10. The van der Waals surface area contributed by atoms with Crippen molar-refractivity contribution in [2.24, 2.45) is 0 Å². The number of aliphatic hydroxyl groups excluding tert-OH is 1. The molecule has 1 atom stereocenters. The average Bonchev–Trinajstić information content (AvgIpc) is 2.39. The fraction of sp³-hybridized carbons (Fsp3) is 0.571. The van der Waals surface area contributed by atoms with Gasteiger partial charge in [0, 0.05) is 38.6 Å². The molecule has 0 saturated heterocycles. The normalized spacial score (nSPS) is 12.5. The number of hydrogen-bond donors (Lipinski definition) is 1. The Balaban J connectivity index is 2.98. The van der Waals surface area contributed by atoms with Gasteiger partial charge in [-0.1, -0.05) is 0 Å². The van der Waals surface area contributed by atoms with Gasteiger partial charge in [-0.3, -0.25) is 0 Å². The molecular formula is C14H22FNO3. The third-order valence-electron chi connectivity index (χ3n) is 2.91. The monoisotopic (exact) mass is 271 g/mol. The number of ether oxygens (including phenoxy) is 2. The first-order valence-corrected chi connectivity index (χ1v) is 6.30. The molecule has 0 aliphatic rings. The average molecular weight is 271 g/mol. The predicted molar refractivity (Wildman–Crippen MR) is 73.0 cm³/mol. The van der Waals surface area contributed by atoms with Crippen LogP contribution in [0, 0.1) is 5.82 Å². The molecular weight excluding hydrogens is 249 g/mol. The highest BCUT2D eigenvalue weighted by Crippen LogP contribution is 2.27. The molecule has 0 saturated carbocycles. The highest BCUT2D eigenvalue weighted by atomic mass is 19.1. The van der Waals surface area contributed by atoms with Gasteiger partial charge in [-0.25, -0.2) is 4.39 Å². The molecule has 19 heavy (non-hydrogen) atoms. The van der Waals surface area contributed by atoms with Crippen LogP contribution >= 0.6 is 0 Å². The molecule has 0 amide bonds. The van der Waals surface area contributed by atoms with Gasteiger partial charge in [0.1, 0.15) is 5.82 Å². The van der Waals surface area contributed by atoms with E-state index >= 15 is 0 Å². The summed E-state index contributed by atoms with van der Waals surface area (Å²) in [5.41, 5.74) is 1.39. The van der Waals surface area contributed by atoms with E-state index in [2.05, 4.69) is 0 Å². The molecule has 0 radical (unpaired) electrons. The summed E-state index contributed by atoms with van der Waals surface area (Å²) < 4.78 is 23.5. The molecule has 1 N–H and O–H groups in total. The molecule has 1 rings (SSSR count). The molecule has 108 valence electrons. The molecule has 5 heteroatoms. The number of rotatable bonds is 8. The van der Waals surface area contributed by atoms with Crippen LogP contribution in [0.4, 0.5) is 10.1 Å². The molecule has 4 nitrogen and oxygen atoms in total. The standard InChI is InChI=1S/C14H22FNO3/c1-11(17)13-10-12(15)4-5-14(13)16(6-8-18-2)7-9-19-3/h4-5,10-11,17H,6-9H2,1-3H3/t11-/m0/s1. The van der Waals surface area contributed by atoms with Gasteiger partial charge in [-0.2, -0.15) is 0 Å². The topological polar surface area (TPSA) is 41.9 Å². The molecule has 0 aromatic heterocycles. The van der Waals surface area contributed by atoms with Gasteiger partial charge < -0.3 is 19.5 Å². The highest BCUT2D eigenvalue weighted by Gasteiger charge is 2.15. The fourth-order valence-electron chi connectivity index (χ4n) is 1.90. The van der Waals surface area contributed by atoms with E-state index in [0.717, 1.165) is 5.69 Å². The third kappa shape index (κ3) is 4.78. The summed E-state index contributed by atoms with van der Waals surface area (Å²) in [6, 6.07) is 4.45. The SMILES string of the molecule is COCCN(CCOC)c1ccc(F)cc1[C@H](C)O. The van der Waals surface area contributed by atoms with Crippen LogP contribution < -0.4 is 4.90 Å². The second kappa shape index (κ2) is 8.09. The molecule has 0 aliphatic carbocycles. The Kier molecular flexibility index (Phi) is 6.77. The van der Waals surface area contributed by atoms with E-state index in [1.165, 1.54) is 12.1 Å². The Morgan fingerprint density at radius 2 is 1.79 bits per heavy atom. The van der Waals surface area contributed by atoms with Gasteiger partial charge in [0.05, 0.1) is 19.3 Å². The molecule has 1 aromatic carbocycles. The Bertz CT molecular complexity index is 377. The predicted octanol–water partition coefficient (Wildman–Crippen LogP) is 1.98. The van der Waals surface area contributed by atoms with Crippen molar-refractivity contribution in [2.75, 3.05) is 45.4 Å². The van der Waals surface area contributed by atoms with Crippen molar-refractivity contribution >= 4 is 5.69 Å². The van der Waals surface area contributed by atoms with Crippen molar-refractivity contribution in [2.45, 2.75) is 13.0 Å². The number of methoxy groups -OCH3 is 2. The van der Waals surface area contributed by atoms with Crippen LogP contribution in [0.1, 0.15) is 18.6 Å². The molecule has 0 heterocycles. The lowest BCUT2D eigenvalue weighted by Gasteiger charge is -2.27. The molecule has 0 fully saturated rings. The Morgan fingerprint density at radius 3 is 2.26 bits per heavy atom. The van der Waals surface area contributed by atoms with Crippen LogP contribution in [0.15, 0.2) is 18.2 Å². The van der Waals surface area contributed by atoms with Crippen LogP contribution in [0.25, 0.3) is 0 Å². The molecule has 0 spiro atoms. The maximum absolute atomic E-state index is 13.3. The quantitative estimate of drug-likeness (QED) is 0.785. The van der Waals surface area contributed by atoms with Gasteiger partial charge in [-0.05, 0) is 25.1 Å². The Morgan fingerprint density at radius 1 is 1.21 bits per heavy atom. The van der Waals surface area contributed by atoms with Gasteiger partial charge in [-0.15, -0.1) is 0 Å². The number of halogens is 1. The summed E-state index contributed by atoms with van der Waals surface area (Å²) in [7, 11) is 3.27. The summed E-state index contributed by atoms with van der Waals surface area (Å²) in [5.74, 6) is -0.349. The van der Waals surface area contributed by atoms with Gasteiger partial charge >= 0.3 is 0 Å². The number of benzene rings is 1. The second-order valence-corrected chi connectivity index (χ2v) is 4.35. The van der Waals surface area contributed by atoms with Gasteiger partial charge in [0.25, 0.3) is 0 Å². The lowest BCUT2D eigenvalue weighted by Crippen LogP contribution is -2.31. The van der Waals surface area contributed by atoms with Gasteiger partial charge in [0.15, 0.2) is 0 Å². The highest BCUT2D eigenvalue weighted by molar-refractivity contribution is 5.54. The summed E-state index contributed by atoms with van der Waals surface area (Å²) in [6.07, 6.45) is -0.724. The third-order valence-corrected chi connectivity index (χ3v) is 2.91. The van der Waals surface area contributed by atoms with Crippen LogP contribution in [-0.2, 0) is 9.47 Å². The van der Waals surface area contributed by atoms with E-state index in [1.54, 1.807) is 27.2 Å². The molecule has 0 unspecified atom stereocenters. The molecule has 1 aromatic rings. The van der Waals surface area contributed by atoms with Crippen molar-refractivity contribution in [1.82, 2.24) is 0 Å². The van der Waals surface area contributed by atoms with Crippen LogP contribution in [0.2, 0.25) is 0 Å². The fourth-order valence-corrected chi connectivity index (χ4v) is 1.90. The van der Waals surface area contributed by atoms with Crippen molar-refractivity contribution in [3.63, 3.8) is 0 Å². The van der Waals surface area contributed by atoms with Gasteiger partial charge in [0.2, 0.25) is 0 Å². The van der Waals surface area contributed by atoms with E-state index in [-0.39, 0.29) is 5.82 Å². The minimum Gasteiger partial charge on any atom is -0.389 e. The van der Waals surface area contributed by atoms with Crippen molar-refractivity contribution in [3.05, 3.63) is 29.6 Å². The van der Waals surface area contributed by atoms with Crippen molar-refractivity contribution < 1.29 is 19.0 Å². The lowest BCUT2D eigenvalue weighted by atomic mass is 10.1. The second-order valence-electron chi connectivity index (χ2n) is 4.35. The number of anilines is 1. The zero-order valence-electron chi connectivity index (χ0n) is 11.7. The van der Waals surface area contributed by atoms with Crippen LogP contribution in [0.5, 0.6) is 0 Å². The first-order valence-electron chi connectivity index (χ1n) is 6.30. The van der Waals surface area contributed by atoms with E-state index < -0.39 is 6.10 Å². The van der Waals surface area contributed by atoms with E-state index in [4.69, 9.17) is 9.47 Å². The van der Waals surface area contributed by atoms with E-state index in [0.29, 0.717) is 31.9 Å². The van der Waals surface area contributed by atoms with Crippen molar-refractivity contribution in [3.8, 4) is 0 Å². The minimum absolute atomic E-state index is 0.349. The smallest absolute Gasteiger partial charge is 0.123 e. The van der Waals surface area contributed by atoms with Crippen LogP contribution in [-0.4, -0.2) is 45.6 Å². The lowest BCUT2D eigenvalue weighted by molar-refractivity contribution is 0.187. The zero-order valence-corrected chi connectivity index (χ0v) is 11.7.